The van der Waals surface area contributed by atoms with Gasteiger partial charge in [0.15, 0.2) is 5.17 Å². The number of aliphatic imine (C=N–C) groups is 1. The Kier molecular flexibility index (Phi) is 5.12. The van der Waals surface area contributed by atoms with E-state index in [4.69, 9.17) is 0 Å². The molecule has 2 heterocycles. The molecule has 0 unspecified atom stereocenters. The molecule has 0 bridgehead atoms. The van der Waals surface area contributed by atoms with E-state index in [0.29, 0.717) is 31.4 Å². The van der Waals surface area contributed by atoms with Crippen LogP contribution in [-0.2, 0) is 6.18 Å². The number of carbonyl (C=O) groups is 1. The molecular formula is C16H19F3N4OS. The van der Waals surface area contributed by atoms with E-state index in [-0.39, 0.29) is 5.69 Å². The number of para-hydroxylation sites is 1. The zero-order chi connectivity index (χ0) is 18.0. The predicted molar refractivity (Wildman–Crippen MR) is 93.0 cm³/mol. The van der Waals surface area contributed by atoms with Crippen LogP contribution in [0.3, 0.4) is 0 Å². The predicted octanol–water partition coefficient (Wildman–Crippen LogP) is 3.35. The van der Waals surface area contributed by atoms with Gasteiger partial charge in [0, 0.05) is 31.4 Å². The van der Waals surface area contributed by atoms with Crippen LogP contribution in [0.2, 0.25) is 0 Å². The molecule has 2 aliphatic rings. The van der Waals surface area contributed by atoms with Crippen molar-refractivity contribution in [2.24, 2.45) is 4.99 Å². The van der Waals surface area contributed by atoms with Gasteiger partial charge in [-0.25, -0.2) is 4.79 Å². The fraction of sp³-hybridized carbons (Fsp3) is 0.500. The van der Waals surface area contributed by atoms with E-state index in [1.165, 1.54) is 23.1 Å². The van der Waals surface area contributed by atoms with Gasteiger partial charge in [-0.1, -0.05) is 30.8 Å². The maximum Gasteiger partial charge on any atom is 0.418 e. The summed E-state index contributed by atoms with van der Waals surface area (Å²) in [5, 5.41) is 3.85. The van der Waals surface area contributed by atoms with Crippen molar-refractivity contribution in [1.82, 2.24) is 9.80 Å². The van der Waals surface area contributed by atoms with Crippen LogP contribution in [0.1, 0.15) is 12.5 Å². The molecule has 136 valence electrons. The van der Waals surface area contributed by atoms with Crippen molar-refractivity contribution in [2.45, 2.75) is 18.3 Å². The summed E-state index contributed by atoms with van der Waals surface area (Å²) in [4.78, 5) is 20.5. The molecule has 2 amide bonds. The highest BCUT2D eigenvalue weighted by Crippen LogP contribution is 2.34. The molecule has 1 N–H and O–H groups in total. The molecule has 2 aliphatic heterocycles. The number of piperazine rings is 1. The number of anilines is 1. The standard InChI is InChI=1S/C16H19F3N4OS/c1-11-10-20-15(25-11)23-8-6-22(7-9-23)14(24)21-13-5-3-2-4-12(13)16(17,18)19/h2-5,11H,6-10H2,1H3,(H,21,24)/t11-/m1/s1. The first kappa shape index (κ1) is 17.9. The van der Waals surface area contributed by atoms with Crippen LogP contribution in [0.15, 0.2) is 29.3 Å². The van der Waals surface area contributed by atoms with Gasteiger partial charge < -0.3 is 15.1 Å². The number of nitrogens with one attached hydrogen (secondary N) is 1. The molecule has 0 radical (unpaired) electrons. The van der Waals surface area contributed by atoms with Crippen molar-refractivity contribution in [3.05, 3.63) is 29.8 Å². The van der Waals surface area contributed by atoms with Gasteiger partial charge in [-0.05, 0) is 12.1 Å². The lowest BCUT2D eigenvalue weighted by molar-refractivity contribution is -0.136. The number of amides is 2. The van der Waals surface area contributed by atoms with Gasteiger partial charge in [-0.3, -0.25) is 4.99 Å². The van der Waals surface area contributed by atoms with E-state index in [0.717, 1.165) is 17.8 Å². The number of thioether (sulfide) groups is 1. The average molecular weight is 372 g/mol. The number of nitrogens with zero attached hydrogens (tertiary/aromatic N) is 3. The van der Waals surface area contributed by atoms with Crippen molar-refractivity contribution in [3.8, 4) is 0 Å². The highest BCUT2D eigenvalue weighted by molar-refractivity contribution is 8.14. The lowest BCUT2D eigenvalue weighted by Crippen LogP contribution is -2.51. The van der Waals surface area contributed by atoms with Crippen LogP contribution >= 0.6 is 11.8 Å². The largest absolute Gasteiger partial charge is 0.418 e. The Bertz CT molecular complexity index is 672. The number of alkyl halides is 3. The summed E-state index contributed by atoms with van der Waals surface area (Å²) < 4.78 is 39.0. The van der Waals surface area contributed by atoms with Crippen LogP contribution in [0.25, 0.3) is 0 Å². The molecule has 1 atom stereocenters. The normalized spacial score (nSPS) is 21.3. The van der Waals surface area contributed by atoms with Crippen LogP contribution in [0.4, 0.5) is 23.7 Å². The summed E-state index contributed by atoms with van der Waals surface area (Å²) in [6, 6.07) is 4.50. The second kappa shape index (κ2) is 7.15. The number of benzene rings is 1. The van der Waals surface area contributed by atoms with Gasteiger partial charge in [0.05, 0.1) is 17.8 Å². The molecule has 1 saturated heterocycles. The fourth-order valence-electron chi connectivity index (χ4n) is 2.77. The summed E-state index contributed by atoms with van der Waals surface area (Å²) in [7, 11) is 0. The Hall–Kier alpha value is -1.90. The van der Waals surface area contributed by atoms with Crippen molar-refractivity contribution in [3.63, 3.8) is 0 Å². The van der Waals surface area contributed by atoms with Crippen molar-refractivity contribution >= 4 is 28.6 Å². The molecule has 3 rings (SSSR count). The van der Waals surface area contributed by atoms with Gasteiger partial charge in [-0.15, -0.1) is 0 Å². The van der Waals surface area contributed by atoms with E-state index in [2.05, 4.69) is 22.1 Å². The molecule has 1 aromatic carbocycles. The molecule has 1 fully saturated rings. The van der Waals surface area contributed by atoms with Crippen molar-refractivity contribution in [2.75, 3.05) is 38.0 Å². The first-order valence-corrected chi connectivity index (χ1v) is 8.91. The second-order valence-electron chi connectivity index (χ2n) is 6.00. The van der Waals surface area contributed by atoms with E-state index in [1.54, 1.807) is 11.8 Å². The molecule has 25 heavy (non-hydrogen) atoms. The molecule has 5 nitrogen and oxygen atoms in total. The van der Waals surface area contributed by atoms with E-state index in [9.17, 15) is 18.0 Å². The van der Waals surface area contributed by atoms with Gasteiger partial charge in [0.2, 0.25) is 0 Å². The minimum atomic E-state index is -4.50. The van der Waals surface area contributed by atoms with Gasteiger partial charge in [0.25, 0.3) is 0 Å². The zero-order valence-corrected chi connectivity index (χ0v) is 14.5. The first-order valence-electron chi connectivity index (χ1n) is 8.03. The zero-order valence-electron chi connectivity index (χ0n) is 13.7. The third kappa shape index (κ3) is 4.20. The van der Waals surface area contributed by atoms with Crippen LogP contribution in [0.5, 0.6) is 0 Å². The quantitative estimate of drug-likeness (QED) is 0.823. The number of halogens is 3. The second-order valence-corrected chi connectivity index (χ2v) is 7.40. The third-order valence-corrected chi connectivity index (χ3v) is 5.25. The summed E-state index contributed by atoms with van der Waals surface area (Å²) in [5.74, 6) is 0. The lowest BCUT2D eigenvalue weighted by Gasteiger charge is -2.35. The van der Waals surface area contributed by atoms with Gasteiger partial charge in [0.1, 0.15) is 0 Å². The Labute approximate surface area is 148 Å². The molecular weight excluding hydrogens is 353 g/mol. The maximum atomic E-state index is 13.0. The van der Waals surface area contributed by atoms with Crippen molar-refractivity contribution < 1.29 is 18.0 Å². The Morgan fingerprint density at radius 1 is 1.24 bits per heavy atom. The topological polar surface area (TPSA) is 47.9 Å². The summed E-state index contributed by atoms with van der Waals surface area (Å²) >= 11 is 1.72. The molecule has 1 aromatic rings. The van der Waals surface area contributed by atoms with Gasteiger partial charge >= 0.3 is 12.2 Å². The number of amidine groups is 1. The lowest BCUT2D eigenvalue weighted by atomic mass is 10.1. The average Bonchev–Trinajstić information content (AvgIpc) is 3.01. The fourth-order valence-corrected chi connectivity index (χ4v) is 3.76. The minimum absolute atomic E-state index is 0.216. The molecule has 0 aromatic heterocycles. The summed E-state index contributed by atoms with van der Waals surface area (Å²) in [6.07, 6.45) is -4.50. The monoisotopic (exact) mass is 372 g/mol. The van der Waals surface area contributed by atoms with Crippen molar-refractivity contribution in [1.29, 1.82) is 0 Å². The minimum Gasteiger partial charge on any atom is -0.348 e. The Balaban J connectivity index is 1.59. The van der Waals surface area contributed by atoms with Crippen LogP contribution in [0, 0.1) is 0 Å². The molecule has 0 aliphatic carbocycles. The molecule has 9 heteroatoms. The smallest absolute Gasteiger partial charge is 0.348 e. The van der Waals surface area contributed by atoms with E-state index < -0.39 is 17.8 Å². The van der Waals surface area contributed by atoms with E-state index in [1.807, 2.05) is 0 Å². The highest BCUT2D eigenvalue weighted by atomic mass is 32.2. The summed E-state index contributed by atoms with van der Waals surface area (Å²) in [6.45, 7) is 5.08. The van der Waals surface area contributed by atoms with Crippen LogP contribution in [-0.4, -0.2) is 59.0 Å². The Morgan fingerprint density at radius 3 is 2.52 bits per heavy atom. The first-order chi connectivity index (χ1) is 11.8. The molecule has 0 spiro atoms. The number of urea groups is 1. The SMILES string of the molecule is C[C@@H]1CN=C(N2CCN(C(=O)Nc3ccccc3C(F)(F)F)CC2)S1. The number of hydrogen-bond donors (Lipinski definition) is 1. The van der Waals surface area contributed by atoms with E-state index >= 15 is 0 Å². The third-order valence-electron chi connectivity index (χ3n) is 4.10. The Morgan fingerprint density at radius 2 is 1.92 bits per heavy atom. The summed E-state index contributed by atoms with van der Waals surface area (Å²) in [5.41, 5.74) is -1.06. The maximum absolute atomic E-state index is 13.0. The number of hydrogen-bond acceptors (Lipinski definition) is 4. The number of carbonyl (C=O) groups excluding carboxylic acids is 1. The molecule has 0 saturated carbocycles. The number of rotatable bonds is 1. The van der Waals surface area contributed by atoms with Crippen LogP contribution < -0.4 is 5.32 Å². The van der Waals surface area contributed by atoms with Gasteiger partial charge in [-0.2, -0.15) is 13.2 Å². The highest BCUT2D eigenvalue weighted by Gasteiger charge is 2.34.